The second-order valence-electron chi connectivity index (χ2n) is 5.46. The molecule has 1 aromatic rings. The van der Waals surface area contributed by atoms with Gasteiger partial charge in [0.2, 0.25) is 0 Å². The monoisotopic (exact) mass is 292 g/mol. The maximum Gasteiger partial charge on any atom is 0.107 e. The fourth-order valence-electron chi connectivity index (χ4n) is 2.81. The molecule has 2 rings (SSSR count). The van der Waals surface area contributed by atoms with E-state index >= 15 is 0 Å². The molecule has 1 saturated heterocycles. The molecule has 0 spiro atoms. The number of aromatic nitrogens is 1. The molecule has 1 fully saturated rings. The molecule has 20 heavy (non-hydrogen) atoms. The zero-order valence-corrected chi connectivity index (χ0v) is 13.2. The molecule has 0 unspecified atom stereocenters. The van der Waals surface area contributed by atoms with Gasteiger partial charge in [-0.25, -0.2) is 0 Å². The van der Waals surface area contributed by atoms with Crippen LogP contribution in [0.1, 0.15) is 36.2 Å². The van der Waals surface area contributed by atoms with Crippen LogP contribution < -0.4 is 11.1 Å². The molecule has 1 aromatic heterocycles. The van der Waals surface area contributed by atoms with Crippen LogP contribution in [-0.4, -0.2) is 41.1 Å². The van der Waals surface area contributed by atoms with E-state index in [9.17, 15) is 0 Å². The van der Waals surface area contributed by atoms with Crippen LogP contribution in [0.5, 0.6) is 0 Å². The Labute approximate surface area is 126 Å². The van der Waals surface area contributed by atoms with Crippen molar-refractivity contribution in [3.8, 4) is 0 Å². The number of nitrogens with zero attached hydrogens (tertiary/aromatic N) is 2. The van der Waals surface area contributed by atoms with Gasteiger partial charge in [-0.15, -0.1) is 0 Å². The Morgan fingerprint density at radius 3 is 2.70 bits per heavy atom. The van der Waals surface area contributed by atoms with Crippen molar-refractivity contribution in [1.29, 1.82) is 0 Å². The van der Waals surface area contributed by atoms with Crippen LogP contribution in [0, 0.1) is 13.8 Å². The van der Waals surface area contributed by atoms with Gasteiger partial charge >= 0.3 is 0 Å². The van der Waals surface area contributed by atoms with Gasteiger partial charge < -0.3 is 16.0 Å². The lowest BCUT2D eigenvalue weighted by Gasteiger charge is -2.26. The molecule has 0 aliphatic carbocycles. The summed E-state index contributed by atoms with van der Waals surface area (Å²) in [5, 5.41) is 3.47. The summed E-state index contributed by atoms with van der Waals surface area (Å²) in [4.78, 5) is 7.36. The van der Waals surface area contributed by atoms with Gasteiger partial charge in [0, 0.05) is 30.2 Å². The van der Waals surface area contributed by atoms with E-state index in [1.807, 2.05) is 19.9 Å². The third-order valence-electron chi connectivity index (χ3n) is 3.77. The summed E-state index contributed by atoms with van der Waals surface area (Å²) in [6.45, 7) is 8.37. The van der Waals surface area contributed by atoms with Crippen molar-refractivity contribution in [1.82, 2.24) is 9.88 Å². The third-order valence-corrected chi connectivity index (χ3v) is 3.97. The number of hydrogen-bond acceptors (Lipinski definition) is 4. The highest BCUT2D eigenvalue weighted by molar-refractivity contribution is 7.80. The van der Waals surface area contributed by atoms with E-state index in [4.69, 9.17) is 18.0 Å². The smallest absolute Gasteiger partial charge is 0.107 e. The van der Waals surface area contributed by atoms with E-state index in [0.717, 1.165) is 35.7 Å². The van der Waals surface area contributed by atoms with Crippen molar-refractivity contribution >= 4 is 22.9 Å². The van der Waals surface area contributed by atoms with Gasteiger partial charge in [-0.05, 0) is 45.8 Å². The Hall–Kier alpha value is -1.20. The predicted octanol–water partition coefficient (Wildman–Crippen LogP) is 2.23. The molecule has 110 valence electrons. The van der Waals surface area contributed by atoms with Crippen LogP contribution in [0.3, 0.4) is 0 Å². The first-order valence-electron chi connectivity index (χ1n) is 7.32. The SMILES string of the molecule is Cc1cc(NCCN2CCCCC2)c(C(N)=S)c(C)n1. The van der Waals surface area contributed by atoms with Crippen LogP contribution in [0.2, 0.25) is 0 Å². The average Bonchev–Trinajstić information content (AvgIpc) is 2.38. The molecule has 0 amide bonds. The second-order valence-corrected chi connectivity index (χ2v) is 5.90. The molecular formula is C15H24N4S. The lowest BCUT2D eigenvalue weighted by Crippen LogP contribution is -2.34. The lowest BCUT2D eigenvalue weighted by atomic mass is 10.1. The molecule has 0 radical (unpaired) electrons. The molecule has 1 aliphatic rings. The minimum Gasteiger partial charge on any atom is -0.389 e. The number of aryl methyl sites for hydroxylation is 2. The summed E-state index contributed by atoms with van der Waals surface area (Å²) in [6.07, 6.45) is 4.02. The first kappa shape index (κ1) is 15.2. The van der Waals surface area contributed by atoms with Crippen molar-refractivity contribution in [2.75, 3.05) is 31.5 Å². The summed E-state index contributed by atoms with van der Waals surface area (Å²) in [5.74, 6) is 0. The van der Waals surface area contributed by atoms with E-state index in [0.29, 0.717) is 4.99 Å². The highest BCUT2D eigenvalue weighted by atomic mass is 32.1. The van der Waals surface area contributed by atoms with Gasteiger partial charge in [0.05, 0.1) is 5.56 Å². The number of hydrogen-bond donors (Lipinski definition) is 2. The fraction of sp³-hybridized carbons (Fsp3) is 0.600. The Balaban J connectivity index is 1.99. The van der Waals surface area contributed by atoms with Crippen LogP contribution in [-0.2, 0) is 0 Å². The van der Waals surface area contributed by atoms with E-state index in [2.05, 4.69) is 15.2 Å². The van der Waals surface area contributed by atoms with E-state index in [1.165, 1.54) is 32.4 Å². The predicted molar refractivity (Wildman–Crippen MR) is 88.4 cm³/mol. The summed E-state index contributed by atoms with van der Waals surface area (Å²) in [5.41, 5.74) is 9.60. The molecule has 0 atom stereocenters. The van der Waals surface area contributed by atoms with Crippen molar-refractivity contribution in [2.45, 2.75) is 33.1 Å². The van der Waals surface area contributed by atoms with Gasteiger partial charge in [0.1, 0.15) is 4.99 Å². The highest BCUT2D eigenvalue weighted by Crippen LogP contribution is 2.19. The van der Waals surface area contributed by atoms with Gasteiger partial charge in [0.25, 0.3) is 0 Å². The average molecular weight is 292 g/mol. The van der Waals surface area contributed by atoms with Gasteiger partial charge in [0.15, 0.2) is 0 Å². The number of thiocarbonyl (C=S) groups is 1. The van der Waals surface area contributed by atoms with Crippen LogP contribution in [0.25, 0.3) is 0 Å². The zero-order valence-electron chi connectivity index (χ0n) is 12.4. The lowest BCUT2D eigenvalue weighted by molar-refractivity contribution is 0.237. The third kappa shape index (κ3) is 3.90. The maximum absolute atomic E-state index is 5.82. The molecule has 0 saturated carbocycles. The van der Waals surface area contributed by atoms with Crippen molar-refractivity contribution in [3.05, 3.63) is 23.0 Å². The minimum atomic E-state index is 0.412. The molecule has 4 nitrogen and oxygen atoms in total. The van der Waals surface area contributed by atoms with E-state index in [1.54, 1.807) is 0 Å². The van der Waals surface area contributed by atoms with Crippen LogP contribution in [0.4, 0.5) is 5.69 Å². The standard InChI is InChI=1S/C15H24N4S/c1-11-10-13(14(15(16)20)12(2)18-11)17-6-9-19-7-4-3-5-8-19/h10H,3-9H2,1-2H3,(H2,16,20)(H,17,18). The summed E-state index contributed by atoms with van der Waals surface area (Å²) in [6, 6.07) is 2.03. The molecular weight excluding hydrogens is 268 g/mol. The molecule has 2 heterocycles. The van der Waals surface area contributed by atoms with Crippen molar-refractivity contribution < 1.29 is 0 Å². The number of pyridine rings is 1. The van der Waals surface area contributed by atoms with E-state index < -0.39 is 0 Å². The number of nitrogens with two attached hydrogens (primary N) is 1. The van der Waals surface area contributed by atoms with Crippen molar-refractivity contribution in [2.24, 2.45) is 5.73 Å². The number of likely N-dealkylation sites (tertiary alicyclic amines) is 1. The first-order chi connectivity index (χ1) is 9.58. The quantitative estimate of drug-likeness (QED) is 0.815. The van der Waals surface area contributed by atoms with Gasteiger partial charge in [-0.1, -0.05) is 18.6 Å². The molecule has 5 heteroatoms. The molecule has 1 aliphatic heterocycles. The Kier molecular flexibility index (Phi) is 5.31. The topological polar surface area (TPSA) is 54.2 Å². The summed E-state index contributed by atoms with van der Waals surface area (Å²) >= 11 is 5.14. The minimum absolute atomic E-state index is 0.412. The first-order valence-corrected chi connectivity index (χ1v) is 7.73. The van der Waals surface area contributed by atoms with Crippen LogP contribution >= 0.6 is 12.2 Å². The number of piperidine rings is 1. The summed E-state index contributed by atoms with van der Waals surface area (Å²) in [7, 11) is 0. The maximum atomic E-state index is 5.82. The largest absolute Gasteiger partial charge is 0.389 e. The Morgan fingerprint density at radius 1 is 1.35 bits per heavy atom. The van der Waals surface area contributed by atoms with E-state index in [-0.39, 0.29) is 0 Å². The van der Waals surface area contributed by atoms with Crippen molar-refractivity contribution in [3.63, 3.8) is 0 Å². The zero-order chi connectivity index (χ0) is 14.5. The molecule has 0 bridgehead atoms. The molecule has 0 aromatic carbocycles. The van der Waals surface area contributed by atoms with Gasteiger partial charge in [-0.3, -0.25) is 4.98 Å². The Morgan fingerprint density at radius 2 is 2.05 bits per heavy atom. The summed E-state index contributed by atoms with van der Waals surface area (Å²) < 4.78 is 0. The normalized spacial score (nSPS) is 16.1. The molecule has 3 N–H and O–H groups in total. The Bertz CT molecular complexity index is 481. The number of anilines is 1. The number of nitrogens with one attached hydrogen (secondary N) is 1. The second kappa shape index (κ2) is 6.99. The van der Waals surface area contributed by atoms with Crippen LogP contribution in [0.15, 0.2) is 6.07 Å². The highest BCUT2D eigenvalue weighted by Gasteiger charge is 2.12. The fourth-order valence-corrected chi connectivity index (χ4v) is 3.07. The number of rotatable bonds is 5. The van der Waals surface area contributed by atoms with Gasteiger partial charge in [-0.2, -0.15) is 0 Å².